The molecule has 0 spiro atoms. The van der Waals surface area contributed by atoms with Crippen LogP contribution in [0, 0.1) is 0 Å². The van der Waals surface area contributed by atoms with Gasteiger partial charge >= 0.3 is 0 Å². The third-order valence-electron chi connectivity index (χ3n) is 2.18. The Morgan fingerprint density at radius 1 is 1.42 bits per heavy atom. The van der Waals surface area contributed by atoms with Crippen LogP contribution < -0.4 is 11.1 Å². The van der Waals surface area contributed by atoms with Gasteiger partial charge in [-0.2, -0.15) is 0 Å². The number of benzene rings is 1. The molecule has 2 nitrogen and oxygen atoms in total. The summed E-state index contributed by atoms with van der Waals surface area (Å²) in [6.45, 7) is 0.996. The van der Waals surface area contributed by atoms with Crippen LogP contribution in [0.2, 0.25) is 5.02 Å². The summed E-state index contributed by atoms with van der Waals surface area (Å²) >= 11 is 6.02. The minimum atomic E-state index is 0.657. The number of nitrogens with one attached hydrogen (secondary N) is 1. The van der Waals surface area contributed by atoms with Crippen molar-refractivity contribution in [2.24, 2.45) is 0 Å². The summed E-state index contributed by atoms with van der Waals surface area (Å²) in [4.78, 5) is 0. The molecule has 0 amide bonds. The molecule has 0 aliphatic carbocycles. The molecule has 0 radical (unpaired) electrons. The summed E-state index contributed by atoms with van der Waals surface area (Å²) in [5.74, 6) is 0. The molecule has 1 aromatic rings. The molecule has 0 fully saturated rings. The fraction of sp³-hybridized carbons (Fsp3) is 0.333. The standard InChI is InChI=1S/C9H11ClN2/c10-8-7(11)4-3-6-2-1-5-12-9(6)8/h3-4,12H,1-2,5,11H2. The maximum atomic E-state index is 6.02. The fourth-order valence-electron chi connectivity index (χ4n) is 1.52. The van der Waals surface area contributed by atoms with Gasteiger partial charge in [0, 0.05) is 6.54 Å². The van der Waals surface area contributed by atoms with Gasteiger partial charge < -0.3 is 11.1 Å². The van der Waals surface area contributed by atoms with Crippen LogP contribution in [0.4, 0.5) is 11.4 Å². The Labute approximate surface area is 76.7 Å². The highest BCUT2D eigenvalue weighted by Gasteiger charge is 2.12. The molecule has 3 N–H and O–H groups in total. The van der Waals surface area contributed by atoms with E-state index in [0.29, 0.717) is 10.7 Å². The topological polar surface area (TPSA) is 38.0 Å². The van der Waals surface area contributed by atoms with E-state index in [0.717, 1.165) is 18.7 Å². The third kappa shape index (κ3) is 1.12. The molecule has 0 aromatic heterocycles. The first kappa shape index (κ1) is 7.74. The maximum Gasteiger partial charge on any atom is 0.0869 e. The molecule has 0 bridgehead atoms. The van der Waals surface area contributed by atoms with Gasteiger partial charge in [0.15, 0.2) is 0 Å². The molecule has 0 unspecified atom stereocenters. The van der Waals surface area contributed by atoms with Gasteiger partial charge in [0.25, 0.3) is 0 Å². The van der Waals surface area contributed by atoms with Gasteiger partial charge in [0.05, 0.1) is 16.4 Å². The van der Waals surface area contributed by atoms with Crippen LogP contribution >= 0.6 is 11.6 Å². The number of anilines is 2. The minimum Gasteiger partial charge on any atom is -0.397 e. The SMILES string of the molecule is Nc1ccc2c(c1Cl)NCCC2. The van der Waals surface area contributed by atoms with Gasteiger partial charge in [-0.05, 0) is 24.5 Å². The average molecular weight is 183 g/mol. The van der Waals surface area contributed by atoms with Crippen molar-refractivity contribution in [3.8, 4) is 0 Å². The van der Waals surface area contributed by atoms with Crippen LogP contribution in [0.25, 0.3) is 0 Å². The summed E-state index contributed by atoms with van der Waals surface area (Å²) in [7, 11) is 0. The van der Waals surface area contributed by atoms with Crippen molar-refractivity contribution in [2.45, 2.75) is 12.8 Å². The smallest absolute Gasteiger partial charge is 0.0869 e. The Morgan fingerprint density at radius 3 is 3.08 bits per heavy atom. The zero-order valence-corrected chi connectivity index (χ0v) is 7.49. The maximum absolute atomic E-state index is 6.02. The van der Waals surface area contributed by atoms with E-state index >= 15 is 0 Å². The second-order valence-corrected chi connectivity index (χ2v) is 3.41. The largest absolute Gasteiger partial charge is 0.397 e. The Morgan fingerprint density at radius 2 is 2.25 bits per heavy atom. The molecule has 0 saturated carbocycles. The molecule has 12 heavy (non-hydrogen) atoms. The number of rotatable bonds is 0. The van der Waals surface area contributed by atoms with Crippen molar-refractivity contribution in [1.82, 2.24) is 0 Å². The van der Waals surface area contributed by atoms with Crippen LogP contribution in [-0.4, -0.2) is 6.54 Å². The number of nitrogen functional groups attached to an aromatic ring is 1. The molecule has 2 rings (SSSR count). The van der Waals surface area contributed by atoms with Crippen LogP contribution in [0.3, 0.4) is 0 Å². The number of halogens is 1. The van der Waals surface area contributed by atoms with E-state index in [-0.39, 0.29) is 0 Å². The average Bonchev–Trinajstić information content (AvgIpc) is 2.12. The third-order valence-corrected chi connectivity index (χ3v) is 2.59. The summed E-state index contributed by atoms with van der Waals surface area (Å²) in [5, 5.41) is 3.93. The van der Waals surface area contributed by atoms with Crippen molar-refractivity contribution in [3.05, 3.63) is 22.7 Å². The molecular formula is C9H11ClN2. The Bertz CT molecular complexity index is 310. The molecular weight excluding hydrogens is 172 g/mol. The molecule has 0 atom stereocenters. The molecule has 3 heteroatoms. The van der Waals surface area contributed by atoms with Crippen molar-refractivity contribution in [1.29, 1.82) is 0 Å². The van der Waals surface area contributed by atoms with Crippen LogP contribution in [0.15, 0.2) is 12.1 Å². The van der Waals surface area contributed by atoms with Crippen molar-refractivity contribution in [2.75, 3.05) is 17.6 Å². The van der Waals surface area contributed by atoms with Crippen LogP contribution in [0.5, 0.6) is 0 Å². The number of hydrogen-bond acceptors (Lipinski definition) is 2. The lowest BCUT2D eigenvalue weighted by Gasteiger charge is -2.19. The monoisotopic (exact) mass is 182 g/mol. The van der Waals surface area contributed by atoms with E-state index in [1.165, 1.54) is 12.0 Å². The second kappa shape index (κ2) is 2.87. The number of hydrogen-bond donors (Lipinski definition) is 2. The van der Waals surface area contributed by atoms with Gasteiger partial charge in [0.1, 0.15) is 0 Å². The van der Waals surface area contributed by atoms with Crippen LogP contribution in [0.1, 0.15) is 12.0 Å². The summed E-state index contributed by atoms with van der Waals surface area (Å²) in [6.07, 6.45) is 2.27. The van der Waals surface area contributed by atoms with Crippen LogP contribution in [-0.2, 0) is 6.42 Å². The zero-order chi connectivity index (χ0) is 8.55. The predicted octanol–water partition coefficient (Wildman–Crippen LogP) is 2.28. The van der Waals surface area contributed by atoms with Crippen molar-refractivity contribution in [3.63, 3.8) is 0 Å². The summed E-state index contributed by atoms with van der Waals surface area (Å²) in [5.41, 5.74) is 8.64. The van der Waals surface area contributed by atoms with E-state index in [1.54, 1.807) is 0 Å². The Balaban J connectivity index is 2.54. The lowest BCUT2D eigenvalue weighted by molar-refractivity contribution is 0.831. The molecule has 0 saturated heterocycles. The second-order valence-electron chi connectivity index (χ2n) is 3.03. The number of fused-ring (bicyclic) bond motifs is 1. The molecule has 1 aromatic carbocycles. The van der Waals surface area contributed by atoms with Gasteiger partial charge in [0.2, 0.25) is 0 Å². The first-order valence-electron chi connectivity index (χ1n) is 4.10. The van der Waals surface area contributed by atoms with Crippen molar-refractivity contribution < 1.29 is 0 Å². The fourth-order valence-corrected chi connectivity index (χ4v) is 1.78. The predicted molar refractivity (Wildman–Crippen MR) is 52.7 cm³/mol. The first-order valence-corrected chi connectivity index (χ1v) is 4.47. The summed E-state index contributed by atoms with van der Waals surface area (Å²) in [6, 6.07) is 3.91. The van der Waals surface area contributed by atoms with Gasteiger partial charge in [-0.1, -0.05) is 17.7 Å². The molecule has 1 aliphatic heterocycles. The van der Waals surface area contributed by atoms with E-state index in [4.69, 9.17) is 17.3 Å². The highest BCUT2D eigenvalue weighted by atomic mass is 35.5. The van der Waals surface area contributed by atoms with E-state index in [9.17, 15) is 0 Å². The van der Waals surface area contributed by atoms with E-state index in [2.05, 4.69) is 5.32 Å². The first-order chi connectivity index (χ1) is 5.79. The number of nitrogens with two attached hydrogens (primary N) is 1. The Kier molecular flexibility index (Phi) is 1.85. The lowest BCUT2D eigenvalue weighted by Crippen LogP contribution is -2.12. The minimum absolute atomic E-state index is 0.657. The molecule has 1 aliphatic rings. The Hall–Kier alpha value is -0.890. The number of aryl methyl sites for hydroxylation is 1. The lowest BCUT2D eigenvalue weighted by atomic mass is 10.0. The van der Waals surface area contributed by atoms with E-state index in [1.807, 2.05) is 12.1 Å². The van der Waals surface area contributed by atoms with E-state index < -0.39 is 0 Å². The van der Waals surface area contributed by atoms with Crippen molar-refractivity contribution >= 4 is 23.0 Å². The quantitative estimate of drug-likeness (QED) is 0.605. The van der Waals surface area contributed by atoms with Gasteiger partial charge in [-0.3, -0.25) is 0 Å². The highest BCUT2D eigenvalue weighted by molar-refractivity contribution is 6.36. The zero-order valence-electron chi connectivity index (χ0n) is 6.73. The molecule has 64 valence electrons. The summed E-state index contributed by atoms with van der Waals surface area (Å²) < 4.78 is 0. The highest BCUT2D eigenvalue weighted by Crippen LogP contribution is 2.34. The molecule has 1 heterocycles. The van der Waals surface area contributed by atoms with Gasteiger partial charge in [-0.15, -0.1) is 0 Å². The van der Waals surface area contributed by atoms with Gasteiger partial charge in [-0.25, -0.2) is 0 Å². The normalized spacial score (nSPS) is 15.1.